The van der Waals surface area contributed by atoms with Gasteiger partial charge in [-0.2, -0.15) is 0 Å². The number of hydrogen-bond donors (Lipinski definition) is 0. The number of aldehydes is 1. The second-order valence-corrected chi connectivity index (χ2v) is 4.57. The highest BCUT2D eigenvalue weighted by Gasteiger charge is 2.19. The van der Waals surface area contributed by atoms with Gasteiger partial charge >= 0.3 is 5.97 Å². The maximum Gasteiger partial charge on any atom is 0.340 e. The van der Waals surface area contributed by atoms with Gasteiger partial charge < -0.3 is 14.1 Å². The fraction of sp³-hybridized carbons (Fsp3) is 0.357. The van der Waals surface area contributed by atoms with Crippen molar-refractivity contribution in [2.45, 2.75) is 26.3 Å². The second kappa shape index (κ2) is 5.22. The van der Waals surface area contributed by atoms with Gasteiger partial charge in [-0.3, -0.25) is 0 Å². The zero-order valence-corrected chi connectivity index (χ0v) is 11.2. The molecule has 100 valence electrons. The van der Waals surface area contributed by atoms with Crippen LogP contribution < -0.4 is 0 Å². The first-order chi connectivity index (χ1) is 9.10. The lowest BCUT2D eigenvalue weighted by atomic mass is 10.2. The van der Waals surface area contributed by atoms with Gasteiger partial charge in [-0.05, 0) is 12.1 Å². The smallest absolute Gasteiger partial charge is 0.340 e. The number of ether oxygens (including phenoxy) is 1. The molecule has 1 aromatic carbocycles. The first kappa shape index (κ1) is 13.3. The Labute approximate surface area is 111 Å². The highest BCUT2D eigenvalue weighted by Crippen LogP contribution is 2.25. The van der Waals surface area contributed by atoms with Gasteiger partial charge in [0.15, 0.2) is 0 Å². The normalized spacial score (nSPS) is 10.9. The Kier molecular flexibility index (Phi) is 3.64. The zero-order valence-electron chi connectivity index (χ0n) is 11.2. The van der Waals surface area contributed by atoms with E-state index in [4.69, 9.17) is 4.74 Å². The van der Waals surface area contributed by atoms with Crippen molar-refractivity contribution in [2.24, 2.45) is 0 Å². The van der Waals surface area contributed by atoms with Crippen molar-refractivity contribution < 1.29 is 14.3 Å². The number of hydrogen-bond acceptors (Lipinski definition) is 4. The van der Waals surface area contributed by atoms with Crippen LogP contribution in [0.1, 0.15) is 35.9 Å². The molecule has 0 amide bonds. The Morgan fingerprint density at radius 3 is 2.79 bits per heavy atom. The van der Waals surface area contributed by atoms with Crippen LogP contribution in [0.5, 0.6) is 0 Å². The van der Waals surface area contributed by atoms with Gasteiger partial charge in [-0.1, -0.05) is 19.9 Å². The van der Waals surface area contributed by atoms with Crippen molar-refractivity contribution in [1.29, 1.82) is 0 Å². The van der Waals surface area contributed by atoms with Crippen molar-refractivity contribution in [3.05, 3.63) is 29.6 Å². The molecule has 19 heavy (non-hydrogen) atoms. The minimum absolute atomic E-state index is 0.165. The van der Waals surface area contributed by atoms with Gasteiger partial charge in [0, 0.05) is 5.92 Å². The molecule has 0 saturated heterocycles. The topological polar surface area (TPSA) is 61.2 Å². The van der Waals surface area contributed by atoms with E-state index < -0.39 is 5.97 Å². The number of esters is 1. The molecule has 0 aliphatic heterocycles. The Bertz CT molecular complexity index is 629. The molecule has 0 saturated carbocycles. The van der Waals surface area contributed by atoms with Crippen LogP contribution in [-0.4, -0.2) is 28.9 Å². The summed E-state index contributed by atoms with van der Waals surface area (Å²) in [6.07, 6.45) is 0.807. The van der Waals surface area contributed by atoms with E-state index in [1.54, 1.807) is 16.7 Å². The monoisotopic (exact) mass is 260 g/mol. The highest BCUT2D eigenvalue weighted by atomic mass is 16.5. The summed E-state index contributed by atoms with van der Waals surface area (Å²) >= 11 is 0. The summed E-state index contributed by atoms with van der Waals surface area (Å²) in [7, 11) is 1.34. The molecule has 2 aromatic rings. The van der Waals surface area contributed by atoms with E-state index in [1.807, 2.05) is 19.9 Å². The van der Waals surface area contributed by atoms with E-state index in [0.717, 1.165) is 12.1 Å². The van der Waals surface area contributed by atoms with Crippen molar-refractivity contribution in [2.75, 3.05) is 7.11 Å². The molecule has 5 nitrogen and oxygen atoms in total. The molecule has 2 rings (SSSR count). The van der Waals surface area contributed by atoms with Crippen LogP contribution in [0.2, 0.25) is 0 Å². The predicted octanol–water partition coefficient (Wildman–Crippen LogP) is 2.15. The quantitative estimate of drug-likeness (QED) is 0.624. The van der Waals surface area contributed by atoms with Gasteiger partial charge in [0.1, 0.15) is 12.1 Å². The molecule has 0 atom stereocenters. The molecule has 0 fully saturated rings. The number of rotatable bonds is 4. The molecule has 5 heteroatoms. The maximum absolute atomic E-state index is 11.8. The van der Waals surface area contributed by atoms with Gasteiger partial charge in [0.05, 0.1) is 30.3 Å². The molecule has 0 spiro atoms. The minimum atomic E-state index is -0.423. The third-order valence-electron chi connectivity index (χ3n) is 2.98. The van der Waals surface area contributed by atoms with Crippen LogP contribution in [0.3, 0.4) is 0 Å². The lowest BCUT2D eigenvalue weighted by Gasteiger charge is -2.09. The Morgan fingerprint density at radius 1 is 1.47 bits per heavy atom. The summed E-state index contributed by atoms with van der Waals surface area (Å²) in [5, 5.41) is 0. The first-order valence-corrected chi connectivity index (χ1v) is 6.11. The summed E-state index contributed by atoms with van der Waals surface area (Å²) in [6, 6.07) is 5.27. The van der Waals surface area contributed by atoms with Crippen LogP contribution in [0.4, 0.5) is 0 Å². The number of imidazole rings is 1. The molecule has 0 bridgehead atoms. The molecule has 1 aromatic heterocycles. The first-order valence-electron chi connectivity index (χ1n) is 6.11. The van der Waals surface area contributed by atoms with Crippen molar-refractivity contribution >= 4 is 23.3 Å². The van der Waals surface area contributed by atoms with E-state index >= 15 is 0 Å². The third-order valence-corrected chi connectivity index (χ3v) is 2.98. The number of fused-ring (bicyclic) bond motifs is 1. The SMILES string of the molecule is COC(=O)c1cccc2nc(C(C)C)n(CC=O)c12. The van der Waals surface area contributed by atoms with Crippen LogP contribution in [0, 0.1) is 0 Å². The van der Waals surface area contributed by atoms with Gasteiger partial charge in [0.25, 0.3) is 0 Å². The van der Waals surface area contributed by atoms with E-state index in [0.29, 0.717) is 16.6 Å². The standard InChI is InChI=1S/C14H16N2O3/c1-9(2)13-15-11-6-4-5-10(14(18)19-3)12(11)16(13)7-8-17/h4-6,8-9H,7H2,1-3H3. The van der Waals surface area contributed by atoms with Crippen LogP contribution in [0.25, 0.3) is 11.0 Å². The molecule has 0 radical (unpaired) electrons. The Hall–Kier alpha value is -2.17. The summed E-state index contributed by atoms with van der Waals surface area (Å²) in [6.45, 7) is 4.18. The molecule has 0 aliphatic carbocycles. The maximum atomic E-state index is 11.8. The fourth-order valence-electron chi connectivity index (χ4n) is 2.18. The van der Waals surface area contributed by atoms with Crippen molar-refractivity contribution in [3.8, 4) is 0 Å². The largest absolute Gasteiger partial charge is 0.465 e. The molecule has 1 heterocycles. The van der Waals surface area contributed by atoms with E-state index in [9.17, 15) is 9.59 Å². The lowest BCUT2D eigenvalue weighted by Crippen LogP contribution is -2.10. The summed E-state index contributed by atoms with van der Waals surface area (Å²) < 4.78 is 6.56. The summed E-state index contributed by atoms with van der Waals surface area (Å²) in [5.41, 5.74) is 1.79. The van der Waals surface area contributed by atoms with Crippen molar-refractivity contribution in [3.63, 3.8) is 0 Å². The molecule has 0 aliphatic rings. The van der Waals surface area contributed by atoms with Gasteiger partial charge in [-0.15, -0.1) is 0 Å². The number of para-hydroxylation sites is 1. The number of aromatic nitrogens is 2. The van der Waals surface area contributed by atoms with E-state index in [-0.39, 0.29) is 12.5 Å². The Morgan fingerprint density at radius 2 is 2.21 bits per heavy atom. The average Bonchev–Trinajstić information content (AvgIpc) is 2.77. The van der Waals surface area contributed by atoms with E-state index in [2.05, 4.69) is 4.98 Å². The van der Waals surface area contributed by atoms with Crippen LogP contribution in [-0.2, 0) is 16.1 Å². The number of carbonyl (C=O) groups excluding carboxylic acids is 2. The second-order valence-electron chi connectivity index (χ2n) is 4.57. The Balaban J connectivity index is 2.78. The summed E-state index contributed by atoms with van der Waals surface area (Å²) in [5.74, 6) is 0.532. The van der Waals surface area contributed by atoms with Crippen LogP contribution in [0.15, 0.2) is 18.2 Å². The minimum Gasteiger partial charge on any atom is -0.465 e. The predicted molar refractivity (Wildman–Crippen MR) is 71.2 cm³/mol. The number of carbonyl (C=O) groups is 2. The lowest BCUT2D eigenvalue weighted by molar-refractivity contribution is -0.108. The van der Waals surface area contributed by atoms with Crippen molar-refractivity contribution in [1.82, 2.24) is 9.55 Å². The number of methoxy groups -OCH3 is 1. The summed E-state index contributed by atoms with van der Waals surface area (Å²) in [4.78, 5) is 27.2. The fourth-order valence-corrected chi connectivity index (χ4v) is 2.18. The molecular weight excluding hydrogens is 244 g/mol. The number of nitrogens with zero attached hydrogens (tertiary/aromatic N) is 2. The van der Waals surface area contributed by atoms with Crippen LogP contribution >= 0.6 is 0 Å². The molecular formula is C14H16N2O3. The highest BCUT2D eigenvalue weighted by molar-refractivity contribution is 6.02. The third kappa shape index (κ3) is 2.23. The zero-order chi connectivity index (χ0) is 14.0. The number of benzene rings is 1. The van der Waals surface area contributed by atoms with Gasteiger partial charge in [0.2, 0.25) is 0 Å². The van der Waals surface area contributed by atoms with Gasteiger partial charge in [-0.25, -0.2) is 9.78 Å². The van der Waals surface area contributed by atoms with E-state index in [1.165, 1.54) is 7.11 Å². The average molecular weight is 260 g/mol. The molecule has 0 N–H and O–H groups in total. The molecule has 0 unspecified atom stereocenters.